The summed E-state index contributed by atoms with van der Waals surface area (Å²) in [7, 11) is 0. The molecular formula is C8H15Cl2O. The zero-order valence-corrected chi connectivity index (χ0v) is 8.74. The first-order valence-corrected chi connectivity index (χ1v) is 4.71. The van der Waals surface area contributed by atoms with E-state index in [-0.39, 0.29) is 5.92 Å². The first kappa shape index (κ1) is 11.5. The number of alkyl halides is 2. The Morgan fingerprint density at radius 3 is 2.18 bits per heavy atom. The number of hydrogen-bond acceptors (Lipinski definition) is 0. The second kappa shape index (κ2) is 4.54. The Balaban J connectivity index is 3.83. The summed E-state index contributed by atoms with van der Waals surface area (Å²) in [5, 5.41) is 11.3. The highest BCUT2D eigenvalue weighted by Gasteiger charge is 2.26. The molecule has 0 bridgehead atoms. The van der Waals surface area contributed by atoms with Crippen LogP contribution in [0.15, 0.2) is 0 Å². The van der Waals surface area contributed by atoms with Crippen molar-refractivity contribution in [2.24, 2.45) is 5.92 Å². The van der Waals surface area contributed by atoms with Gasteiger partial charge in [0.25, 0.3) is 0 Å². The van der Waals surface area contributed by atoms with Gasteiger partial charge in [0.15, 0.2) is 0 Å². The van der Waals surface area contributed by atoms with Crippen LogP contribution in [0.3, 0.4) is 0 Å². The SMILES string of the molecule is CC(C)C([O])CC(C)(Cl)CCl. The van der Waals surface area contributed by atoms with Crippen molar-refractivity contribution in [1.82, 2.24) is 0 Å². The molecule has 0 fully saturated rings. The van der Waals surface area contributed by atoms with Gasteiger partial charge in [-0.3, -0.25) is 0 Å². The molecule has 3 heteroatoms. The summed E-state index contributed by atoms with van der Waals surface area (Å²) < 4.78 is 0. The van der Waals surface area contributed by atoms with Crippen molar-refractivity contribution in [3.63, 3.8) is 0 Å². The Bertz CT molecular complexity index is 113. The van der Waals surface area contributed by atoms with Crippen LogP contribution in [0, 0.1) is 5.92 Å². The van der Waals surface area contributed by atoms with Gasteiger partial charge in [0.1, 0.15) is 0 Å². The molecule has 0 aliphatic rings. The molecule has 0 amide bonds. The summed E-state index contributed by atoms with van der Waals surface area (Å²) in [6, 6.07) is 0. The van der Waals surface area contributed by atoms with E-state index >= 15 is 0 Å². The molecule has 0 spiro atoms. The van der Waals surface area contributed by atoms with E-state index in [0.717, 1.165) is 0 Å². The maximum Gasteiger partial charge on any atom is 0.0969 e. The van der Waals surface area contributed by atoms with Gasteiger partial charge in [-0.1, -0.05) is 13.8 Å². The highest BCUT2D eigenvalue weighted by atomic mass is 35.5. The van der Waals surface area contributed by atoms with Gasteiger partial charge in [-0.05, 0) is 19.3 Å². The third-order valence-corrected chi connectivity index (χ3v) is 2.66. The molecule has 2 atom stereocenters. The summed E-state index contributed by atoms with van der Waals surface area (Å²) >= 11 is 11.5. The zero-order chi connectivity index (χ0) is 9.07. The van der Waals surface area contributed by atoms with E-state index in [1.807, 2.05) is 13.8 Å². The smallest absolute Gasteiger partial charge is 0.0969 e. The van der Waals surface area contributed by atoms with Crippen LogP contribution in [0.5, 0.6) is 0 Å². The maximum absolute atomic E-state index is 11.3. The van der Waals surface area contributed by atoms with Gasteiger partial charge in [0.2, 0.25) is 0 Å². The largest absolute Gasteiger partial charge is 0.233 e. The number of halogens is 2. The monoisotopic (exact) mass is 197 g/mol. The lowest BCUT2D eigenvalue weighted by molar-refractivity contribution is 0.0362. The molecule has 0 N–H and O–H groups in total. The lowest BCUT2D eigenvalue weighted by atomic mass is 9.97. The molecule has 1 nitrogen and oxygen atoms in total. The van der Waals surface area contributed by atoms with Crippen molar-refractivity contribution in [2.75, 3.05) is 5.88 Å². The molecule has 0 heterocycles. The van der Waals surface area contributed by atoms with Crippen LogP contribution in [0.4, 0.5) is 0 Å². The summed E-state index contributed by atoms with van der Waals surface area (Å²) in [5.74, 6) is 0.469. The van der Waals surface area contributed by atoms with Gasteiger partial charge in [0.05, 0.1) is 11.0 Å². The van der Waals surface area contributed by atoms with Crippen LogP contribution in [0.25, 0.3) is 0 Å². The van der Waals surface area contributed by atoms with Crippen LogP contribution >= 0.6 is 23.2 Å². The third-order valence-electron chi connectivity index (χ3n) is 1.65. The van der Waals surface area contributed by atoms with Gasteiger partial charge in [0, 0.05) is 5.88 Å². The standard InChI is InChI=1S/C8H15Cl2O/c1-6(2)7(11)4-8(3,10)5-9/h6-7H,4-5H2,1-3H3. The van der Waals surface area contributed by atoms with Crippen molar-refractivity contribution in [3.05, 3.63) is 0 Å². The van der Waals surface area contributed by atoms with Gasteiger partial charge in [-0.2, -0.15) is 0 Å². The number of rotatable bonds is 4. The average molecular weight is 198 g/mol. The van der Waals surface area contributed by atoms with Crippen molar-refractivity contribution in [3.8, 4) is 0 Å². The Kier molecular flexibility index (Phi) is 4.76. The lowest BCUT2D eigenvalue weighted by Gasteiger charge is -2.22. The van der Waals surface area contributed by atoms with Gasteiger partial charge < -0.3 is 0 Å². The van der Waals surface area contributed by atoms with Crippen molar-refractivity contribution < 1.29 is 5.11 Å². The Hall–Kier alpha value is 0.540. The predicted octanol–water partition coefficient (Wildman–Crippen LogP) is 3.07. The molecule has 67 valence electrons. The Labute approximate surface area is 78.7 Å². The van der Waals surface area contributed by atoms with Gasteiger partial charge >= 0.3 is 0 Å². The zero-order valence-electron chi connectivity index (χ0n) is 7.23. The van der Waals surface area contributed by atoms with Crippen molar-refractivity contribution >= 4 is 23.2 Å². The minimum atomic E-state index is -0.601. The molecule has 0 aliphatic carbocycles. The molecule has 0 saturated heterocycles. The fourth-order valence-electron chi connectivity index (χ4n) is 0.710. The van der Waals surface area contributed by atoms with E-state index in [1.165, 1.54) is 0 Å². The minimum absolute atomic E-state index is 0.135. The molecule has 0 aromatic rings. The second-order valence-corrected chi connectivity index (χ2v) is 4.71. The second-order valence-electron chi connectivity index (χ2n) is 3.53. The van der Waals surface area contributed by atoms with E-state index < -0.39 is 11.0 Å². The van der Waals surface area contributed by atoms with Gasteiger partial charge in [-0.15, -0.1) is 23.2 Å². The molecule has 1 radical (unpaired) electrons. The fraction of sp³-hybridized carbons (Fsp3) is 1.00. The molecule has 0 rings (SSSR count). The van der Waals surface area contributed by atoms with E-state index in [2.05, 4.69) is 0 Å². The molecule has 0 aromatic carbocycles. The van der Waals surface area contributed by atoms with Crippen LogP contribution in [-0.2, 0) is 5.11 Å². The molecule has 0 saturated carbocycles. The highest BCUT2D eigenvalue weighted by molar-refractivity contribution is 6.30. The summed E-state index contributed by atoms with van der Waals surface area (Å²) in [6.07, 6.45) is -0.160. The quantitative estimate of drug-likeness (QED) is 0.618. The Morgan fingerprint density at radius 2 is 1.91 bits per heavy atom. The third kappa shape index (κ3) is 4.89. The molecule has 11 heavy (non-hydrogen) atoms. The Morgan fingerprint density at radius 1 is 1.45 bits per heavy atom. The van der Waals surface area contributed by atoms with Crippen LogP contribution < -0.4 is 0 Å². The number of hydrogen-bond donors (Lipinski definition) is 0. The summed E-state index contributed by atoms with van der Waals surface area (Å²) in [6.45, 7) is 5.60. The van der Waals surface area contributed by atoms with E-state index in [1.54, 1.807) is 6.92 Å². The highest BCUT2D eigenvalue weighted by Crippen LogP contribution is 2.25. The normalized spacial score (nSPS) is 19.9. The molecule has 2 unspecified atom stereocenters. The molecule has 0 aliphatic heterocycles. The maximum atomic E-state index is 11.3. The van der Waals surface area contributed by atoms with Crippen molar-refractivity contribution in [2.45, 2.75) is 38.2 Å². The lowest BCUT2D eigenvalue weighted by Crippen LogP contribution is -2.28. The average Bonchev–Trinajstić information content (AvgIpc) is 1.87. The first-order chi connectivity index (χ1) is 4.89. The minimum Gasteiger partial charge on any atom is -0.233 e. The first-order valence-electron chi connectivity index (χ1n) is 3.80. The van der Waals surface area contributed by atoms with Crippen LogP contribution in [0.2, 0.25) is 0 Å². The topological polar surface area (TPSA) is 19.9 Å². The van der Waals surface area contributed by atoms with Crippen LogP contribution in [-0.4, -0.2) is 16.9 Å². The molecular weight excluding hydrogens is 183 g/mol. The van der Waals surface area contributed by atoms with Crippen molar-refractivity contribution in [1.29, 1.82) is 0 Å². The summed E-state index contributed by atoms with van der Waals surface area (Å²) in [5.41, 5.74) is 0. The predicted molar refractivity (Wildman–Crippen MR) is 48.9 cm³/mol. The fourth-order valence-corrected chi connectivity index (χ4v) is 0.971. The van der Waals surface area contributed by atoms with E-state index in [9.17, 15) is 5.11 Å². The van der Waals surface area contributed by atoms with Gasteiger partial charge in [-0.25, -0.2) is 5.11 Å². The summed E-state index contributed by atoms with van der Waals surface area (Å²) in [4.78, 5) is -0.530. The van der Waals surface area contributed by atoms with Crippen LogP contribution in [0.1, 0.15) is 27.2 Å². The molecule has 0 aromatic heterocycles. The van der Waals surface area contributed by atoms with E-state index in [0.29, 0.717) is 12.3 Å². The van der Waals surface area contributed by atoms with E-state index in [4.69, 9.17) is 23.2 Å².